The first-order valence-corrected chi connectivity index (χ1v) is 5.15. The fraction of sp³-hybridized carbons (Fsp3) is 0.455. The second-order valence-corrected chi connectivity index (χ2v) is 3.90. The van der Waals surface area contributed by atoms with Crippen LogP contribution in [0.2, 0.25) is 0 Å². The predicted molar refractivity (Wildman–Crippen MR) is 55.6 cm³/mol. The van der Waals surface area contributed by atoms with E-state index in [1.165, 1.54) is 12.1 Å². The molecule has 2 N–H and O–H groups in total. The summed E-state index contributed by atoms with van der Waals surface area (Å²) in [6, 6.07) is 3.76. The van der Waals surface area contributed by atoms with Gasteiger partial charge in [0.2, 0.25) is 0 Å². The first-order valence-electron chi connectivity index (χ1n) is 5.15. The molecule has 0 saturated heterocycles. The molecular formula is C11H11F6NO. The summed E-state index contributed by atoms with van der Waals surface area (Å²) in [4.78, 5) is 0. The highest BCUT2D eigenvalue weighted by molar-refractivity contribution is 5.37. The van der Waals surface area contributed by atoms with E-state index in [-0.39, 0.29) is 12.1 Å². The van der Waals surface area contributed by atoms with Gasteiger partial charge >= 0.3 is 12.4 Å². The van der Waals surface area contributed by atoms with Crippen molar-refractivity contribution in [3.8, 4) is 5.75 Å². The van der Waals surface area contributed by atoms with Crippen LogP contribution in [0.4, 0.5) is 26.3 Å². The Kier molecular flexibility index (Phi) is 4.34. The maximum Gasteiger partial charge on any atom is 0.434 e. The lowest BCUT2D eigenvalue weighted by Crippen LogP contribution is -2.46. The molecule has 0 fully saturated rings. The number of rotatable bonds is 3. The highest BCUT2D eigenvalue weighted by Crippen LogP contribution is 2.37. The van der Waals surface area contributed by atoms with Gasteiger partial charge < -0.3 is 10.5 Å². The smallest absolute Gasteiger partial charge is 0.434 e. The van der Waals surface area contributed by atoms with Crippen molar-refractivity contribution < 1.29 is 31.1 Å². The Morgan fingerprint density at radius 2 is 1.63 bits per heavy atom. The van der Waals surface area contributed by atoms with Crippen LogP contribution in [-0.2, 0) is 6.54 Å². The first kappa shape index (κ1) is 15.6. The molecule has 8 heteroatoms. The molecular weight excluding hydrogens is 276 g/mol. The number of nitrogens with two attached hydrogens (primary N) is 1. The number of hydrogen-bond donors (Lipinski definition) is 1. The van der Waals surface area contributed by atoms with E-state index in [2.05, 4.69) is 4.74 Å². The normalized spacial score (nSPS) is 12.9. The van der Waals surface area contributed by atoms with E-state index < -0.39 is 24.2 Å². The number of alkyl halides is 6. The van der Waals surface area contributed by atoms with E-state index in [9.17, 15) is 26.3 Å². The largest absolute Gasteiger partial charge is 0.471 e. The predicted octanol–water partition coefficient (Wildman–Crippen LogP) is 3.33. The quantitative estimate of drug-likeness (QED) is 0.865. The van der Waals surface area contributed by atoms with Crippen LogP contribution in [0.25, 0.3) is 0 Å². The molecule has 0 saturated carbocycles. The molecule has 0 aromatic heterocycles. The first-order chi connectivity index (χ1) is 8.55. The SMILES string of the molecule is Cc1ccc(OC(C(F)(F)F)C(F)(F)F)c(CN)c1. The van der Waals surface area contributed by atoms with Gasteiger partial charge in [0, 0.05) is 12.1 Å². The zero-order valence-electron chi connectivity index (χ0n) is 9.77. The summed E-state index contributed by atoms with van der Waals surface area (Å²) < 4.78 is 78.1. The van der Waals surface area contributed by atoms with Crippen LogP contribution in [0, 0.1) is 6.92 Å². The van der Waals surface area contributed by atoms with E-state index in [4.69, 9.17) is 5.73 Å². The summed E-state index contributed by atoms with van der Waals surface area (Å²) in [6.45, 7) is 1.41. The highest BCUT2D eigenvalue weighted by atomic mass is 19.4. The van der Waals surface area contributed by atoms with Crippen LogP contribution in [0.5, 0.6) is 5.75 Å². The number of aryl methyl sites for hydroxylation is 1. The molecule has 0 unspecified atom stereocenters. The zero-order chi connectivity index (χ0) is 14.8. The molecule has 1 aromatic rings. The molecule has 0 amide bonds. The molecule has 0 spiro atoms. The summed E-state index contributed by atoms with van der Waals surface area (Å²) in [6.07, 6.45) is -15.0. The molecule has 108 valence electrons. The molecule has 0 atom stereocenters. The van der Waals surface area contributed by atoms with Gasteiger partial charge in [-0.15, -0.1) is 0 Å². The van der Waals surface area contributed by atoms with Crippen molar-refractivity contribution in [3.63, 3.8) is 0 Å². The van der Waals surface area contributed by atoms with Gasteiger partial charge in [-0.25, -0.2) is 0 Å². The average Bonchev–Trinajstić information content (AvgIpc) is 2.23. The molecule has 0 bridgehead atoms. The van der Waals surface area contributed by atoms with Crippen LogP contribution < -0.4 is 10.5 Å². The Bertz CT molecular complexity index is 426. The molecule has 19 heavy (non-hydrogen) atoms. The third kappa shape index (κ3) is 4.02. The van der Waals surface area contributed by atoms with Crippen molar-refractivity contribution in [1.29, 1.82) is 0 Å². The van der Waals surface area contributed by atoms with Crippen LogP contribution in [0.15, 0.2) is 18.2 Å². The fourth-order valence-electron chi connectivity index (χ4n) is 1.43. The molecule has 0 heterocycles. The van der Waals surface area contributed by atoms with Gasteiger partial charge in [-0.3, -0.25) is 0 Å². The minimum atomic E-state index is -5.55. The molecule has 0 aliphatic rings. The lowest BCUT2D eigenvalue weighted by molar-refractivity contribution is -0.300. The summed E-state index contributed by atoms with van der Waals surface area (Å²) in [5, 5.41) is 0. The van der Waals surface area contributed by atoms with E-state index in [0.717, 1.165) is 6.07 Å². The van der Waals surface area contributed by atoms with Gasteiger partial charge in [0.05, 0.1) is 0 Å². The van der Waals surface area contributed by atoms with Crippen LogP contribution in [0.1, 0.15) is 11.1 Å². The van der Waals surface area contributed by atoms with Crippen LogP contribution in [0.3, 0.4) is 0 Å². The Balaban J connectivity index is 3.11. The number of benzene rings is 1. The number of hydrogen-bond acceptors (Lipinski definition) is 2. The van der Waals surface area contributed by atoms with Crippen molar-refractivity contribution in [2.24, 2.45) is 5.73 Å². The minimum Gasteiger partial charge on any atom is -0.471 e. The topological polar surface area (TPSA) is 35.2 Å². The second kappa shape index (κ2) is 5.28. The number of ether oxygens (including phenoxy) is 1. The maximum atomic E-state index is 12.3. The van der Waals surface area contributed by atoms with Crippen molar-refractivity contribution in [2.75, 3.05) is 0 Å². The lowest BCUT2D eigenvalue weighted by Gasteiger charge is -2.25. The zero-order valence-corrected chi connectivity index (χ0v) is 9.77. The Hall–Kier alpha value is -1.44. The Morgan fingerprint density at radius 1 is 1.11 bits per heavy atom. The molecule has 1 aromatic carbocycles. The van der Waals surface area contributed by atoms with Crippen LogP contribution >= 0.6 is 0 Å². The molecule has 0 radical (unpaired) electrons. The third-order valence-corrected chi connectivity index (χ3v) is 2.28. The van der Waals surface area contributed by atoms with Crippen molar-refractivity contribution in [1.82, 2.24) is 0 Å². The average molecular weight is 287 g/mol. The monoisotopic (exact) mass is 287 g/mol. The summed E-state index contributed by atoms with van der Waals surface area (Å²) in [5.74, 6) is -0.521. The standard InChI is InChI=1S/C11H11F6NO/c1-6-2-3-8(7(4-6)5-18)19-9(10(12,13)14)11(15,16)17/h2-4,9H,5,18H2,1H3. The van der Waals surface area contributed by atoms with Crippen molar-refractivity contribution in [2.45, 2.75) is 31.9 Å². The fourth-order valence-corrected chi connectivity index (χ4v) is 1.43. The summed E-state index contributed by atoms with van der Waals surface area (Å²) in [7, 11) is 0. The van der Waals surface area contributed by atoms with Gasteiger partial charge in [0.15, 0.2) is 0 Å². The van der Waals surface area contributed by atoms with Crippen molar-refractivity contribution >= 4 is 0 Å². The molecule has 1 rings (SSSR count). The molecule has 0 aliphatic carbocycles. The Labute approximate surface area is 105 Å². The van der Waals surface area contributed by atoms with Gasteiger partial charge in [-0.1, -0.05) is 17.7 Å². The highest BCUT2D eigenvalue weighted by Gasteiger charge is 2.59. The minimum absolute atomic E-state index is 0.0819. The van der Waals surface area contributed by atoms with E-state index in [1.54, 1.807) is 6.92 Å². The third-order valence-electron chi connectivity index (χ3n) is 2.28. The summed E-state index contributed by atoms with van der Waals surface area (Å²) in [5.41, 5.74) is 6.01. The van der Waals surface area contributed by atoms with Gasteiger partial charge in [-0.2, -0.15) is 26.3 Å². The van der Waals surface area contributed by atoms with Crippen LogP contribution in [-0.4, -0.2) is 18.5 Å². The molecule has 0 aliphatic heterocycles. The maximum absolute atomic E-state index is 12.3. The molecule has 2 nitrogen and oxygen atoms in total. The lowest BCUT2D eigenvalue weighted by atomic mass is 10.1. The second-order valence-electron chi connectivity index (χ2n) is 3.90. The van der Waals surface area contributed by atoms with Crippen molar-refractivity contribution in [3.05, 3.63) is 29.3 Å². The van der Waals surface area contributed by atoms with Gasteiger partial charge in [-0.05, 0) is 13.0 Å². The number of halogens is 6. The van der Waals surface area contributed by atoms with E-state index in [1.807, 2.05) is 0 Å². The van der Waals surface area contributed by atoms with E-state index in [0.29, 0.717) is 5.56 Å². The van der Waals surface area contributed by atoms with Gasteiger partial charge in [0.1, 0.15) is 5.75 Å². The Morgan fingerprint density at radius 3 is 2.05 bits per heavy atom. The van der Waals surface area contributed by atoms with Gasteiger partial charge in [0.25, 0.3) is 6.10 Å². The van der Waals surface area contributed by atoms with E-state index >= 15 is 0 Å². The summed E-state index contributed by atoms with van der Waals surface area (Å²) >= 11 is 0.